The molecule has 36 heteroatoms. The quantitative estimate of drug-likeness (QED) is 0.0343. The molecular weight excluding hydrogens is 1520 g/mol. The Balaban J connectivity index is 1.83. The minimum atomic E-state index is -1.67. The van der Waals surface area contributed by atoms with Crippen molar-refractivity contribution in [2.24, 2.45) is 64.2 Å². The molecule has 0 spiro atoms. The number of primary amides is 2. The third kappa shape index (κ3) is 33.6. The molecule has 0 fully saturated rings. The third-order valence-corrected chi connectivity index (χ3v) is 20.7. The molecule has 3 aromatic rings. The van der Waals surface area contributed by atoms with E-state index in [0.717, 1.165) is 16.3 Å². The summed E-state index contributed by atoms with van der Waals surface area (Å²) in [5.41, 5.74) is 30.4. The first-order valence-electron chi connectivity index (χ1n) is 40.4. The van der Waals surface area contributed by atoms with Crippen molar-refractivity contribution in [2.45, 2.75) is 265 Å². The number of nitrogens with one attached hydrogen (secondary N) is 12. The van der Waals surface area contributed by atoms with E-state index in [4.69, 9.17) is 33.1 Å². The molecule has 0 saturated carbocycles. The molecule has 24 N–H and O–H groups in total. The van der Waals surface area contributed by atoms with E-state index in [2.05, 4.69) is 63.8 Å². The number of furan rings is 1. The minimum absolute atomic E-state index is 0.0512. The first kappa shape index (κ1) is 101. The second-order valence-electron chi connectivity index (χ2n) is 31.3. The van der Waals surface area contributed by atoms with Crippen molar-refractivity contribution in [3.05, 3.63) is 47.5 Å². The van der Waals surface area contributed by atoms with Gasteiger partial charge in [0.2, 0.25) is 82.7 Å². The third-order valence-electron chi connectivity index (χ3n) is 20.1. The Labute approximate surface area is 684 Å². The molecule has 0 unspecified atom stereocenters. The number of rotatable bonds is 56. The van der Waals surface area contributed by atoms with E-state index < -0.39 is 198 Å². The molecule has 3 rings (SSSR count). The molecule has 116 heavy (non-hydrogen) atoms. The Morgan fingerprint density at radius 1 is 0.440 bits per heavy atom. The number of aliphatic carboxylic acids is 1. The van der Waals surface area contributed by atoms with Gasteiger partial charge in [0, 0.05) is 30.2 Å². The predicted octanol–water partition coefficient (Wildman–Crippen LogP) is 0.563. The van der Waals surface area contributed by atoms with Crippen LogP contribution in [0.3, 0.4) is 0 Å². The summed E-state index contributed by atoms with van der Waals surface area (Å²) in [7, 11) is 0. The van der Waals surface area contributed by atoms with Crippen LogP contribution in [0.1, 0.15) is 191 Å². The highest BCUT2D eigenvalue weighted by Crippen LogP contribution is 2.34. The number of fused-ring (bicyclic) bond motifs is 3. The Bertz CT molecular complexity index is 3780. The number of hydrogen-bond acceptors (Lipinski definition) is 21. The van der Waals surface area contributed by atoms with Crippen LogP contribution >= 0.6 is 11.8 Å². The largest absolute Gasteiger partial charge is 0.480 e. The lowest BCUT2D eigenvalue weighted by Gasteiger charge is -2.31. The van der Waals surface area contributed by atoms with Crippen LogP contribution in [0.2, 0.25) is 0 Å². The highest BCUT2D eigenvalue weighted by atomic mass is 32.2. The van der Waals surface area contributed by atoms with E-state index >= 15 is 0 Å². The standard InChI is InChI=1S/C80H131N17O18S/c1-14-46(11)65(78(111)97-66(47(12)15-2)79(112)96-64(45(9)10)77(110)89-54(27-17-19-35-82)72(105)92-58(39-43(5)6)75(108)93-59(80(113)114)40-61(85)100)94-62(101)31-28-48-22-20-24-50-51-25-21-23-49(68(51)115-67(48)50)32-36-86-70(103)57(38-42(3)4)91-71(104)53(26-16-18-34-81)87-74(107)56(33-37-116-13)88-73(106)55(29-30-60(84)99)90-76(109)63(44(7)8)95-69(102)52(83)41-98/h20-25,42-47,52-59,63-66,98H,14-19,26-41,81-83H2,1-13H3,(H2,84,99)(H2,85,100)(H,86,103)(H,87,107)(H,88,106)(H,89,110)(H,90,109)(H,91,104)(H,92,105)(H,93,108)(H,94,101)(H,95,102)(H,96,112)(H,97,111)(H,113,114)/t46-,47-,52-,53-,54-,55-,56-,57-,58-,59-,63-,64-,65-,66-/m0/s1. The maximum atomic E-state index is 14.5. The van der Waals surface area contributed by atoms with Gasteiger partial charge in [-0.25, -0.2) is 4.79 Å². The van der Waals surface area contributed by atoms with Gasteiger partial charge < -0.3 is 107 Å². The topological polar surface area (TPSA) is 584 Å². The lowest BCUT2D eigenvalue weighted by molar-refractivity contribution is -0.144. The number of aliphatic hydroxyl groups is 1. The summed E-state index contributed by atoms with van der Waals surface area (Å²) < 4.78 is 6.62. The van der Waals surface area contributed by atoms with Gasteiger partial charge in [-0.1, -0.05) is 132 Å². The first-order valence-corrected chi connectivity index (χ1v) is 41.7. The fourth-order valence-corrected chi connectivity index (χ4v) is 13.3. The van der Waals surface area contributed by atoms with Gasteiger partial charge in [0.15, 0.2) is 0 Å². The molecule has 0 radical (unpaired) electrons. The maximum absolute atomic E-state index is 14.5. The highest BCUT2D eigenvalue weighted by Gasteiger charge is 2.39. The normalized spacial score (nSPS) is 15.1. The molecule has 0 aliphatic rings. The Morgan fingerprint density at radius 2 is 0.828 bits per heavy atom. The van der Waals surface area contributed by atoms with Crippen molar-refractivity contribution < 1.29 is 86.5 Å². The van der Waals surface area contributed by atoms with E-state index in [1.165, 1.54) is 11.8 Å². The number of carboxylic acid groups (broad SMARTS) is 1. The smallest absolute Gasteiger partial charge is 0.326 e. The Morgan fingerprint density at radius 3 is 1.24 bits per heavy atom. The summed E-state index contributed by atoms with van der Waals surface area (Å²) in [4.78, 5) is 204. The maximum Gasteiger partial charge on any atom is 0.326 e. The van der Waals surface area contributed by atoms with E-state index in [9.17, 15) is 82.1 Å². The van der Waals surface area contributed by atoms with Gasteiger partial charge in [0.25, 0.3) is 0 Å². The number of thioether (sulfide) groups is 1. The molecule has 14 atom stereocenters. The van der Waals surface area contributed by atoms with Gasteiger partial charge in [0.1, 0.15) is 83.7 Å². The number of unbranched alkanes of at least 4 members (excludes halogenated alkanes) is 2. The molecule has 0 aliphatic carbocycles. The van der Waals surface area contributed by atoms with Crippen molar-refractivity contribution in [3.8, 4) is 0 Å². The van der Waals surface area contributed by atoms with E-state index in [-0.39, 0.29) is 95.7 Å². The van der Waals surface area contributed by atoms with E-state index in [1.807, 2.05) is 64.1 Å². The van der Waals surface area contributed by atoms with E-state index in [0.29, 0.717) is 61.0 Å². The van der Waals surface area contributed by atoms with Crippen molar-refractivity contribution in [1.82, 2.24) is 63.8 Å². The summed E-state index contributed by atoms with van der Waals surface area (Å²) >= 11 is 1.37. The van der Waals surface area contributed by atoms with Crippen LogP contribution in [0.15, 0.2) is 40.8 Å². The van der Waals surface area contributed by atoms with Crippen LogP contribution in [0.4, 0.5) is 0 Å². The summed E-state index contributed by atoms with van der Waals surface area (Å²) in [6.45, 7) is 21.1. The first-order chi connectivity index (χ1) is 54.8. The van der Waals surface area contributed by atoms with Crippen LogP contribution in [0.25, 0.3) is 21.9 Å². The predicted molar refractivity (Wildman–Crippen MR) is 441 cm³/mol. The fraction of sp³-hybridized carbons (Fsp3) is 0.662. The molecule has 0 saturated heterocycles. The number of carbonyl (C=O) groups excluding carboxylic acids is 14. The van der Waals surface area contributed by atoms with Gasteiger partial charge in [-0.15, -0.1) is 0 Å². The SMILES string of the molecule is CC[C@H](C)[C@H](NC(=O)CCc1cccc2c1oc1c(CCNC(=O)[C@H](CC(C)C)NC(=O)[C@H](CCCCN)NC(=O)[C@H](CCSC)NC(=O)[C@H](CCC(N)=O)NC(=O)[C@@H](NC(=O)[C@@H](N)CO)C(C)C)cccc12)C(=O)N[C@H](C(=O)N[C@H](C(=O)N[C@@H](CCCCN)C(=O)N[C@@H](CC(C)C)C(=O)N[C@@H](CC(N)=O)C(=O)O)C(C)C)[C@@H](C)CC. The minimum Gasteiger partial charge on any atom is -0.480 e. The lowest BCUT2D eigenvalue weighted by Crippen LogP contribution is -2.61. The van der Waals surface area contributed by atoms with Gasteiger partial charge >= 0.3 is 5.97 Å². The molecular formula is C80H131N17O18S. The molecule has 1 aromatic heterocycles. The van der Waals surface area contributed by atoms with Crippen molar-refractivity contribution in [3.63, 3.8) is 0 Å². The number of para-hydroxylation sites is 2. The monoisotopic (exact) mass is 1650 g/mol. The molecule has 14 amide bonds. The van der Waals surface area contributed by atoms with Crippen LogP contribution in [-0.4, -0.2) is 210 Å². The summed E-state index contributed by atoms with van der Waals surface area (Å²) in [5.74, 6) is -13.9. The molecule has 35 nitrogen and oxygen atoms in total. The number of benzene rings is 2. The zero-order chi connectivity index (χ0) is 87.2. The average Bonchev–Trinajstić information content (AvgIpc) is 1.62. The van der Waals surface area contributed by atoms with Crippen LogP contribution in [0, 0.1) is 35.5 Å². The lowest BCUT2D eigenvalue weighted by atomic mass is 9.94. The second-order valence-corrected chi connectivity index (χ2v) is 32.3. The molecule has 650 valence electrons. The van der Waals surface area contributed by atoms with Gasteiger partial charge in [-0.3, -0.25) is 67.1 Å². The highest BCUT2D eigenvalue weighted by molar-refractivity contribution is 7.98. The second kappa shape index (κ2) is 51.5. The van der Waals surface area contributed by atoms with Crippen LogP contribution in [0.5, 0.6) is 0 Å². The van der Waals surface area contributed by atoms with Gasteiger partial charge in [-0.05, 0) is 149 Å². The van der Waals surface area contributed by atoms with Crippen molar-refractivity contribution >= 4 is 122 Å². The van der Waals surface area contributed by atoms with Gasteiger partial charge in [0.05, 0.1) is 13.0 Å². The van der Waals surface area contributed by atoms with Crippen LogP contribution < -0.4 is 92.5 Å². The average molecular weight is 1650 g/mol. The Kier molecular flexibility index (Phi) is 44.7. The number of amides is 14. The van der Waals surface area contributed by atoms with Crippen molar-refractivity contribution in [2.75, 3.05) is 38.2 Å². The fourth-order valence-electron chi connectivity index (χ4n) is 12.8. The molecule has 0 bridgehead atoms. The number of aryl methyl sites for hydroxylation is 1. The summed E-state index contributed by atoms with van der Waals surface area (Å²) in [6.07, 6.45) is 3.89. The van der Waals surface area contributed by atoms with Crippen LogP contribution in [-0.2, 0) is 84.8 Å². The zero-order valence-electron chi connectivity index (χ0n) is 69.6. The van der Waals surface area contributed by atoms with Gasteiger partial charge in [-0.2, -0.15) is 11.8 Å². The molecule has 2 aromatic carbocycles. The number of hydrogen-bond donors (Lipinski definition) is 19. The Hall–Kier alpha value is -9.52. The molecule has 1 heterocycles. The number of carbonyl (C=O) groups is 15. The number of nitrogens with two attached hydrogens (primary N) is 5. The number of aliphatic hydroxyl groups excluding tert-OH is 1. The van der Waals surface area contributed by atoms with E-state index in [1.54, 1.807) is 61.6 Å². The summed E-state index contributed by atoms with van der Waals surface area (Å²) in [5, 5.41) is 53.1. The summed E-state index contributed by atoms with van der Waals surface area (Å²) in [6, 6.07) is -4.17. The van der Waals surface area contributed by atoms with Crippen molar-refractivity contribution in [1.29, 1.82) is 0 Å². The number of carboxylic acids is 1. The zero-order valence-corrected chi connectivity index (χ0v) is 70.5. The molecule has 0 aliphatic heterocycles.